The van der Waals surface area contributed by atoms with Crippen LogP contribution in [0.5, 0.6) is 0 Å². The normalized spacial score (nSPS) is 22.7. The first-order valence-electron chi connectivity index (χ1n) is 10.3. The van der Waals surface area contributed by atoms with Gasteiger partial charge in [-0.05, 0) is 57.0 Å². The average Bonchev–Trinajstić information content (AvgIpc) is 3.16. The van der Waals surface area contributed by atoms with Crippen LogP contribution in [-0.4, -0.2) is 38.8 Å². The Balaban J connectivity index is 1.93. The largest absolute Gasteiger partial charge is 0.330 e. The Morgan fingerprint density at radius 2 is 1.91 bits per heavy atom. The van der Waals surface area contributed by atoms with Crippen LogP contribution in [-0.2, 0) is 9.67 Å². The van der Waals surface area contributed by atoms with E-state index in [1.165, 1.54) is 23.5 Å². The first-order valence-corrected chi connectivity index (χ1v) is 12.1. The zero-order valence-electron chi connectivity index (χ0n) is 17.8. The molecule has 2 aliphatic heterocycles. The molecule has 0 aliphatic carbocycles. The van der Waals surface area contributed by atoms with Gasteiger partial charge in [0.15, 0.2) is 0 Å². The molecule has 168 valence electrons. The van der Waals surface area contributed by atoms with Crippen LogP contribution in [0.3, 0.4) is 0 Å². The van der Waals surface area contributed by atoms with Crippen molar-refractivity contribution in [3.63, 3.8) is 0 Å². The van der Waals surface area contributed by atoms with E-state index in [4.69, 9.17) is 10.8 Å². The Morgan fingerprint density at radius 3 is 2.62 bits per heavy atom. The topological polar surface area (TPSA) is 71.0 Å². The maximum absolute atomic E-state index is 14.7. The maximum atomic E-state index is 14.7. The smallest absolute Gasteiger partial charge is 0.257 e. The summed E-state index contributed by atoms with van der Waals surface area (Å²) in [6.07, 6.45) is 1.25. The second-order valence-corrected chi connectivity index (χ2v) is 11.0. The van der Waals surface area contributed by atoms with Crippen LogP contribution >= 0.6 is 23.5 Å². The number of aliphatic imine (C=N–C) groups is 1. The van der Waals surface area contributed by atoms with Crippen LogP contribution in [0.4, 0.5) is 8.78 Å². The van der Waals surface area contributed by atoms with E-state index in [2.05, 4.69) is 4.99 Å². The van der Waals surface area contributed by atoms with Gasteiger partial charge in [-0.1, -0.05) is 42.1 Å². The Bertz CT molecular complexity index is 1090. The van der Waals surface area contributed by atoms with Crippen LogP contribution < -0.4 is 5.73 Å². The average molecular weight is 475 g/mol. The molecule has 0 radical (unpaired) electrons. The maximum Gasteiger partial charge on any atom is 0.257 e. The zero-order valence-corrected chi connectivity index (χ0v) is 19.5. The number of amidine groups is 1. The predicted molar refractivity (Wildman–Crippen MR) is 128 cm³/mol. The predicted octanol–water partition coefficient (Wildman–Crippen LogP) is 4.72. The van der Waals surface area contributed by atoms with Gasteiger partial charge in [0.05, 0.1) is 10.5 Å². The molecule has 0 spiro atoms. The number of halogens is 2. The molecule has 0 saturated carbocycles. The lowest BCUT2D eigenvalue weighted by molar-refractivity contribution is -0.115. The SMILES string of the molecule is CC1(C)SCC(=O)N=C1N1N=C(c2cc(F)ccc2F)SC1(CCCN)c1ccccc1. The Hall–Kier alpha value is -2.23. The molecule has 2 N–H and O–H groups in total. The van der Waals surface area contributed by atoms with E-state index in [9.17, 15) is 13.6 Å². The van der Waals surface area contributed by atoms with Gasteiger partial charge in [-0.2, -0.15) is 10.1 Å². The molecule has 1 atom stereocenters. The van der Waals surface area contributed by atoms with E-state index in [1.54, 1.807) is 5.01 Å². The van der Waals surface area contributed by atoms with Gasteiger partial charge in [0.25, 0.3) is 5.91 Å². The quantitative estimate of drug-likeness (QED) is 0.679. The van der Waals surface area contributed by atoms with E-state index in [0.717, 1.165) is 23.8 Å². The van der Waals surface area contributed by atoms with Gasteiger partial charge in [-0.3, -0.25) is 4.79 Å². The molecule has 2 aliphatic rings. The number of carbonyl (C=O) groups is 1. The minimum Gasteiger partial charge on any atom is -0.330 e. The number of hydrogen-bond acceptors (Lipinski definition) is 6. The second-order valence-electron chi connectivity index (χ2n) is 8.11. The molecule has 0 aromatic heterocycles. The third-order valence-electron chi connectivity index (χ3n) is 5.43. The van der Waals surface area contributed by atoms with Crippen molar-refractivity contribution in [1.82, 2.24) is 5.01 Å². The first-order chi connectivity index (χ1) is 15.3. The minimum absolute atomic E-state index is 0.0822. The van der Waals surface area contributed by atoms with Gasteiger partial charge in [-0.25, -0.2) is 13.8 Å². The molecule has 32 heavy (non-hydrogen) atoms. The highest BCUT2D eigenvalue weighted by Gasteiger charge is 2.51. The molecular weight excluding hydrogens is 450 g/mol. The fourth-order valence-electron chi connectivity index (χ4n) is 3.80. The number of rotatable bonds is 5. The van der Waals surface area contributed by atoms with Gasteiger partial charge in [0.1, 0.15) is 27.4 Å². The number of nitrogens with zero attached hydrogens (tertiary/aromatic N) is 3. The highest BCUT2D eigenvalue weighted by atomic mass is 32.2. The number of nitrogens with two attached hydrogens (primary N) is 1. The summed E-state index contributed by atoms with van der Waals surface area (Å²) in [4.78, 5) is 15.9. The van der Waals surface area contributed by atoms with Crippen molar-refractivity contribution in [3.05, 3.63) is 71.3 Å². The van der Waals surface area contributed by atoms with Gasteiger partial charge >= 0.3 is 0 Å². The van der Waals surface area contributed by atoms with Crippen molar-refractivity contribution in [3.8, 4) is 0 Å². The van der Waals surface area contributed by atoms with Crippen LogP contribution in [0, 0.1) is 11.6 Å². The molecule has 4 rings (SSSR count). The van der Waals surface area contributed by atoms with Crippen LogP contribution in [0.15, 0.2) is 58.6 Å². The summed E-state index contributed by atoms with van der Waals surface area (Å²) in [5.41, 5.74) is 6.88. The number of carbonyl (C=O) groups excluding carboxylic acids is 1. The second kappa shape index (κ2) is 8.96. The van der Waals surface area contributed by atoms with Crippen molar-refractivity contribution in [1.29, 1.82) is 0 Å². The van der Waals surface area contributed by atoms with Crippen molar-refractivity contribution >= 4 is 40.3 Å². The molecule has 9 heteroatoms. The molecule has 1 amide bonds. The molecule has 2 heterocycles. The summed E-state index contributed by atoms with van der Waals surface area (Å²) in [6.45, 7) is 4.43. The number of amides is 1. The first kappa shape index (κ1) is 22.9. The standard InChI is InChI=1S/C23H24F2N4OS2/c1-22(2)21(27-19(30)14-31-22)29-23(11-6-12-26,15-7-4-3-5-8-15)32-20(28-29)17-13-16(24)9-10-18(17)25/h3-5,7-10,13H,6,11-12,14,26H2,1-2H3. The van der Waals surface area contributed by atoms with Gasteiger partial charge in [-0.15, -0.1) is 11.8 Å². The van der Waals surface area contributed by atoms with E-state index in [-0.39, 0.29) is 17.2 Å². The van der Waals surface area contributed by atoms with Crippen LogP contribution in [0.1, 0.15) is 37.8 Å². The fraction of sp³-hybridized carbons (Fsp3) is 0.348. The summed E-state index contributed by atoms with van der Waals surface area (Å²) < 4.78 is 28.2. The zero-order chi connectivity index (χ0) is 22.9. The Labute approximate surface area is 194 Å². The van der Waals surface area contributed by atoms with E-state index >= 15 is 0 Å². The molecule has 5 nitrogen and oxygen atoms in total. The van der Waals surface area contributed by atoms with Gasteiger partial charge in [0.2, 0.25) is 0 Å². The van der Waals surface area contributed by atoms with E-state index < -0.39 is 21.3 Å². The summed E-state index contributed by atoms with van der Waals surface area (Å²) in [7, 11) is 0. The number of benzene rings is 2. The molecule has 2 aromatic rings. The fourth-order valence-corrected chi connectivity index (χ4v) is 6.03. The van der Waals surface area contributed by atoms with E-state index in [1.807, 2.05) is 44.2 Å². The van der Waals surface area contributed by atoms with Crippen molar-refractivity contribution < 1.29 is 13.6 Å². The summed E-state index contributed by atoms with van der Waals surface area (Å²) in [5.74, 6) is -0.560. The third kappa shape index (κ3) is 4.21. The monoisotopic (exact) mass is 474 g/mol. The number of hydrazone groups is 1. The number of hydrogen-bond donors (Lipinski definition) is 1. The van der Waals surface area contributed by atoms with Crippen molar-refractivity contribution in [2.45, 2.75) is 36.3 Å². The Morgan fingerprint density at radius 1 is 1.16 bits per heavy atom. The van der Waals surface area contributed by atoms with Crippen molar-refractivity contribution in [2.24, 2.45) is 15.8 Å². The highest BCUT2D eigenvalue weighted by molar-refractivity contribution is 8.15. The highest BCUT2D eigenvalue weighted by Crippen LogP contribution is 2.52. The molecule has 0 fully saturated rings. The molecular formula is C23H24F2N4OS2. The Kier molecular flexibility index (Phi) is 6.42. The van der Waals surface area contributed by atoms with Crippen LogP contribution in [0.25, 0.3) is 0 Å². The summed E-state index contributed by atoms with van der Waals surface area (Å²) in [6, 6.07) is 13.0. The summed E-state index contributed by atoms with van der Waals surface area (Å²) in [5, 5.41) is 6.85. The lowest BCUT2D eigenvalue weighted by Crippen LogP contribution is -2.51. The van der Waals surface area contributed by atoms with Crippen molar-refractivity contribution in [2.75, 3.05) is 12.3 Å². The summed E-state index contributed by atoms with van der Waals surface area (Å²) >= 11 is 2.83. The molecule has 0 bridgehead atoms. The lowest BCUT2D eigenvalue weighted by atomic mass is 9.98. The minimum atomic E-state index is -0.803. The molecule has 1 unspecified atom stereocenters. The third-order valence-corrected chi connectivity index (χ3v) is 8.17. The van der Waals surface area contributed by atoms with Gasteiger partial charge < -0.3 is 5.73 Å². The van der Waals surface area contributed by atoms with Gasteiger partial charge in [0, 0.05) is 5.56 Å². The molecule has 0 saturated heterocycles. The number of thioether (sulfide) groups is 2. The molecule has 2 aromatic carbocycles. The lowest BCUT2D eigenvalue weighted by Gasteiger charge is -2.42. The van der Waals surface area contributed by atoms with Crippen LogP contribution in [0.2, 0.25) is 0 Å². The van der Waals surface area contributed by atoms with E-state index in [0.29, 0.717) is 30.3 Å².